The van der Waals surface area contributed by atoms with E-state index in [9.17, 15) is 18.0 Å². The second-order valence-corrected chi connectivity index (χ2v) is 7.16. The van der Waals surface area contributed by atoms with Gasteiger partial charge >= 0.3 is 6.18 Å². The number of anilines is 2. The fourth-order valence-corrected chi connectivity index (χ4v) is 3.34. The number of alkyl halides is 3. The van der Waals surface area contributed by atoms with Crippen molar-refractivity contribution in [1.29, 1.82) is 0 Å². The number of hydrogen-bond donors (Lipinski definition) is 1. The molecule has 1 aromatic carbocycles. The van der Waals surface area contributed by atoms with Crippen LogP contribution in [0.15, 0.2) is 41.0 Å². The average molecular weight is 441 g/mol. The van der Waals surface area contributed by atoms with Crippen LogP contribution in [0.1, 0.15) is 11.3 Å². The minimum atomic E-state index is -4.51. The predicted molar refractivity (Wildman–Crippen MR) is 109 cm³/mol. The van der Waals surface area contributed by atoms with Crippen LogP contribution in [-0.4, -0.2) is 63.9 Å². The maximum absolute atomic E-state index is 13.3. The van der Waals surface area contributed by atoms with E-state index in [1.165, 1.54) is 6.07 Å². The molecular weight excluding hydrogens is 415 g/mol. The van der Waals surface area contributed by atoms with Gasteiger partial charge in [0.25, 0.3) is 0 Å². The molecule has 7 nitrogen and oxygen atoms in total. The summed E-state index contributed by atoms with van der Waals surface area (Å²) in [6, 6.07) is 6.95. The maximum atomic E-state index is 13.3. The quantitative estimate of drug-likeness (QED) is 0.645. The number of carbonyl (C=O) groups is 1. The molecule has 1 amide bonds. The fourth-order valence-electron chi connectivity index (χ4n) is 3.34. The van der Waals surface area contributed by atoms with Crippen LogP contribution in [0.4, 0.5) is 24.5 Å². The topological polar surface area (TPSA) is 67.2 Å². The molecule has 0 radical (unpaired) electrons. The smallest absolute Gasteiger partial charge is 0.416 e. The molecule has 0 bridgehead atoms. The molecule has 0 atom stereocenters. The van der Waals surface area contributed by atoms with E-state index in [4.69, 9.17) is 13.9 Å². The number of ether oxygens (including phenoxy) is 2. The number of morpholine rings is 1. The molecular formula is C21H26F3N3O4. The molecule has 0 saturated carbocycles. The largest absolute Gasteiger partial charge is 0.468 e. The van der Waals surface area contributed by atoms with Gasteiger partial charge in [-0.2, -0.15) is 13.2 Å². The lowest BCUT2D eigenvalue weighted by atomic mass is 10.1. The molecule has 0 spiro atoms. The van der Waals surface area contributed by atoms with Crippen molar-refractivity contribution in [1.82, 2.24) is 4.90 Å². The molecule has 10 heteroatoms. The second-order valence-electron chi connectivity index (χ2n) is 7.16. The normalized spacial score (nSPS) is 14.8. The van der Waals surface area contributed by atoms with Crippen LogP contribution in [0.5, 0.6) is 0 Å². The number of halogens is 3. The van der Waals surface area contributed by atoms with Crippen LogP contribution in [0, 0.1) is 0 Å². The first-order chi connectivity index (χ1) is 14.9. The molecule has 3 rings (SSSR count). The van der Waals surface area contributed by atoms with E-state index in [-0.39, 0.29) is 12.2 Å². The molecule has 1 fully saturated rings. The van der Waals surface area contributed by atoms with Crippen molar-refractivity contribution >= 4 is 17.3 Å². The Morgan fingerprint density at radius 3 is 2.68 bits per heavy atom. The SMILES string of the molecule is COCCN(CC(=O)Nc1cc(C(F)(F)F)ccc1N1CCOCC1)Cc1ccco1. The van der Waals surface area contributed by atoms with Crippen LogP contribution in [0.2, 0.25) is 0 Å². The van der Waals surface area contributed by atoms with E-state index in [1.807, 2.05) is 4.90 Å². The molecule has 0 unspecified atom stereocenters. The molecule has 31 heavy (non-hydrogen) atoms. The minimum absolute atomic E-state index is 0.0249. The van der Waals surface area contributed by atoms with Crippen molar-refractivity contribution in [3.8, 4) is 0 Å². The fraction of sp³-hybridized carbons (Fsp3) is 0.476. The summed E-state index contributed by atoms with van der Waals surface area (Å²) in [5, 5.41) is 2.67. The monoisotopic (exact) mass is 441 g/mol. The van der Waals surface area contributed by atoms with Crippen LogP contribution < -0.4 is 10.2 Å². The van der Waals surface area contributed by atoms with Crippen LogP contribution in [-0.2, 0) is 27.0 Å². The van der Waals surface area contributed by atoms with Gasteiger partial charge in [-0.25, -0.2) is 0 Å². The van der Waals surface area contributed by atoms with Gasteiger partial charge in [-0.15, -0.1) is 0 Å². The highest BCUT2D eigenvalue weighted by molar-refractivity contribution is 5.95. The Balaban J connectivity index is 1.76. The van der Waals surface area contributed by atoms with E-state index in [2.05, 4.69) is 5.32 Å². The third-order valence-electron chi connectivity index (χ3n) is 4.89. The number of nitrogens with one attached hydrogen (secondary N) is 1. The van der Waals surface area contributed by atoms with E-state index in [1.54, 1.807) is 30.4 Å². The zero-order valence-corrected chi connectivity index (χ0v) is 17.3. The van der Waals surface area contributed by atoms with Gasteiger partial charge in [-0.3, -0.25) is 9.69 Å². The van der Waals surface area contributed by atoms with Crippen molar-refractivity contribution in [3.63, 3.8) is 0 Å². The summed E-state index contributed by atoms with van der Waals surface area (Å²) in [5.41, 5.74) is -0.142. The number of rotatable bonds is 9. The average Bonchev–Trinajstić information content (AvgIpc) is 3.25. The van der Waals surface area contributed by atoms with E-state index in [0.29, 0.717) is 57.4 Å². The summed E-state index contributed by atoms with van der Waals surface area (Å²) in [4.78, 5) is 16.5. The Hall–Kier alpha value is -2.56. The second kappa shape index (κ2) is 10.7. The Morgan fingerprint density at radius 2 is 2.03 bits per heavy atom. The van der Waals surface area contributed by atoms with E-state index in [0.717, 1.165) is 12.1 Å². The molecule has 1 aliphatic heterocycles. The zero-order chi connectivity index (χ0) is 22.3. The Morgan fingerprint density at radius 1 is 1.26 bits per heavy atom. The first kappa shape index (κ1) is 23.1. The highest BCUT2D eigenvalue weighted by Crippen LogP contribution is 2.35. The number of furan rings is 1. The minimum Gasteiger partial charge on any atom is -0.468 e. The van der Waals surface area contributed by atoms with Crippen LogP contribution >= 0.6 is 0 Å². The third kappa shape index (κ3) is 6.71. The highest BCUT2D eigenvalue weighted by Gasteiger charge is 2.32. The predicted octanol–water partition coefficient (Wildman–Crippen LogP) is 3.22. The van der Waals surface area contributed by atoms with Crippen molar-refractivity contribution in [3.05, 3.63) is 47.9 Å². The first-order valence-corrected chi connectivity index (χ1v) is 9.94. The molecule has 1 N–H and O–H groups in total. The molecule has 1 saturated heterocycles. The lowest BCUT2D eigenvalue weighted by Gasteiger charge is -2.31. The lowest BCUT2D eigenvalue weighted by Crippen LogP contribution is -2.38. The summed E-state index contributed by atoms with van der Waals surface area (Å²) in [7, 11) is 1.56. The Labute approximate surface area is 178 Å². The summed E-state index contributed by atoms with van der Waals surface area (Å²) in [5.74, 6) is 0.258. The van der Waals surface area contributed by atoms with Crippen molar-refractivity contribution in [2.75, 3.05) is 63.3 Å². The first-order valence-electron chi connectivity index (χ1n) is 9.94. The van der Waals surface area contributed by atoms with Gasteiger partial charge in [-0.1, -0.05) is 0 Å². The number of amides is 1. The van der Waals surface area contributed by atoms with Gasteiger partial charge in [0, 0.05) is 26.7 Å². The van der Waals surface area contributed by atoms with Gasteiger partial charge in [0.05, 0.1) is 56.1 Å². The standard InChI is InChI=1S/C21H26F3N3O4/c1-29-10-6-26(14-17-3-2-9-31-17)15-20(28)25-18-13-16(21(22,23)24)4-5-19(18)27-7-11-30-12-8-27/h2-5,9,13H,6-8,10-12,14-15H2,1H3,(H,25,28). The number of hydrogen-bond acceptors (Lipinski definition) is 6. The highest BCUT2D eigenvalue weighted by atomic mass is 19.4. The Bertz CT molecular complexity index is 837. The summed E-state index contributed by atoms with van der Waals surface area (Å²) in [6.45, 7) is 3.23. The molecule has 1 aliphatic rings. The van der Waals surface area contributed by atoms with Crippen molar-refractivity contribution in [2.45, 2.75) is 12.7 Å². The van der Waals surface area contributed by atoms with Gasteiger partial charge < -0.3 is 24.1 Å². The third-order valence-corrected chi connectivity index (χ3v) is 4.89. The van der Waals surface area contributed by atoms with Gasteiger partial charge in [-0.05, 0) is 30.3 Å². The van der Waals surface area contributed by atoms with E-state index >= 15 is 0 Å². The number of benzene rings is 1. The molecule has 2 aromatic rings. The summed E-state index contributed by atoms with van der Waals surface area (Å²) < 4.78 is 55.5. The van der Waals surface area contributed by atoms with Gasteiger partial charge in [0.1, 0.15) is 5.76 Å². The van der Waals surface area contributed by atoms with Crippen molar-refractivity contribution < 1.29 is 31.9 Å². The van der Waals surface area contributed by atoms with Crippen molar-refractivity contribution in [2.24, 2.45) is 0 Å². The molecule has 0 aliphatic carbocycles. The molecule has 170 valence electrons. The number of nitrogens with zero attached hydrogens (tertiary/aromatic N) is 2. The lowest BCUT2D eigenvalue weighted by molar-refractivity contribution is -0.137. The van der Waals surface area contributed by atoms with Crippen LogP contribution in [0.25, 0.3) is 0 Å². The summed E-state index contributed by atoms with van der Waals surface area (Å²) in [6.07, 6.45) is -2.96. The van der Waals surface area contributed by atoms with Crippen LogP contribution in [0.3, 0.4) is 0 Å². The summed E-state index contributed by atoms with van der Waals surface area (Å²) >= 11 is 0. The van der Waals surface area contributed by atoms with E-state index < -0.39 is 17.6 Å². The van der Waals surface area contributed by atoms with Gasteiger partial charge in [0.15, 0.2) is 0 Å². The number of methoxy groups -OCH3 is 1. The molecule has 2 heterocycles. The Kier molecular flexibility index (Phi) is 7.94. The molecule has 1 aromatic heterocycles. The number of carbonyl (C=O) groups excluding carboxylic acids is 1. The van der Waals surface area contributed by atoms with Gasteiger partial charge in [0.2, 0.25) is 5.91 Å². The maximum Gasteiger partial charge on any atom is 0.416 e. The zero-order valence-electron chi connectivity index (χ0n) is 17.3.